The third kappa shape index (κ3) is 5.07. The van der Waals surface area contributed by atoms with Crippen LogP contribution >= 0.6 is 22.9 Å². The first kappa shape index (κ1) is 25.7. The Morgan fingerprint density at radius 1 is 1.11 bits per heavy atom. The van der Waals surface area contributed by atoms with Crippen molar-refractivity contribution in [2.45, 2.75) is 26.4 Å². The Balaban J connectivity index is 1.33. The molecule has 0 aliphatic carbocycles. The van der Waals surface area contributed by atoms with Gasteiger partial charge in [-0.15, -0.1) is 0 Å². The van der Waals surface area contributed by atoms with Gasteiger partial charge in [0.15, 0.2) is 5.13 Å². The summed E-state index contributed by atoms with van der Waals surface area (Å²) in [5.74, 6) is -0.236. The van der Waals surface area contributed by atoms with Crippen molar-refractivity contribution in [1.82, 2.24) is 19.9 Å². The summed E-state index contributed by atoms with van der Waals surface area (Å²) in [7, 11) is 1.51. The summed E-state index contributed by atoms with van der Waals surface area (Å²) < 4.78 is 31.0. The Morgan fingerprint density at radius 2 is 1.87 bits per heavy atom. The van der Waals surface area contributed by atoms with Crippen molar-refractivity contribution in [3.05, 3.63) is 86.9 Å². The molecule has 0 unspecified atom stereocenters. The number of aromatic nitrogens is 3. The van der Waals surface area contributed by atoms with Crippen LogP contribution in [0.25, 0.3) is 11.1 Å². The van der Waals surface area contributed by atoms with E-state index in [9.17, 15) is 18.4 Å². The van der Waals surface area contributed by atoms with Crippen LogP contribution in [0.4, 0.5) is 13.9 Å². The highest BCUT2D eigenvalue weighted by Crippen LogP contribution is 2.35. The molecule has 38 heavy (non-hydrogen) atoms. The van der Waals surface area contributed by atoms with E-state index >= 15 is 0 Å². The number of ether oxygens (including phenoxy) is 1. The Labute approximate surface area is 225 Å². The van der Waals surface area contributed by atoms with E-state index < -0.39 is 12.3 Å². The molecule has 12 heteroatoms. The molecule has 0 spiro atoms. The lowest BCUT2D eigenvalue weighted by Gasteiger charge is -2.16. The molecule has 8 nitrogen and oxygen atoms in total. The zero-order valence-electron chi connectivity index (χ0n) is 20.2. The summed E-state index contributed by atoms with van der Waals surface area (Å²) in [5, 5.41) is 3.47. The van der Waals surface area contributed by atoms with Gasteiger partial charge in [0.25, 0.3) is 18.2 Å². The van der Waals surface area contributed by atoms with Crippen molar-refractivity contribution in [3.63, 3.8) is 0 Å². The van der Waals surface area contributed by atoms with E-state index in [0.717, 1.165) is 4.88 Å². The van der Waals surface area contributed by atoms with Crippen LogP contribution in [0.1, 0.15) is 49.0 Å². The van der Waals surface area contributed by atoms with Gasteiger partial charge in [0, 0.05) is 34.1 Å². The van der Waals surface area contributed by atoms with Gasteiger partial charge in [0.1, 0.15) is 10.9 Å². The minimum atomic E-state index is -2.59. The minimum Gasteiger partial charge on any atom is -0.494 e. The standard InChI is InChI=1S/C26H20ClF2N5O3S/c1-13-7-16(17-8-22(27)31-10-20(17)37-2)18(9-30-13)24(35)33-26-32-19-11-34(12-21(19)38-26)25(36)15-5-3-14(4-6-15)23(28)29/h3-10,23H,11-12H2,1-2H3,(H,32,33,35). The number of thiazole rings is 1. The zero-order chi connectivity index (χ0) is 27.0. The van der Waals surface area contributed by atoms with Crippen LogP contribution in [-0.4, -0.2) is 38.8 Å². The fraction of sp³-hybridized carbons (Fsp3) is 0.192. The van der Waals surface area contributed by atoms with E-state index in [1.807, 2.05) is 6.92 Å². The highest BCUT2D eigenvalue weighted by molar-refractivity contribution is 7.16. The van der Waals surface area contributed by atoms with Gasteiger partial charge in [-0.2, -0.15) is 0 Å². The maximum atomic E-state index is 13.3. The van der Waals surface area contributed by atoms with Crippen molar-refractivity contribution in [2.75, 3.05) is 12.4 Å². The van der Waals surface area contributed by atoms with E-state index in [0.29, 0.717) is 51.1 Å². The van der Waals surface area contributed by atoms with Gasteiger partial charge in [0.2, 0.25) is 0 Å². The number of nitrogens with one attached hydrogen (secondary N) is 1. The fourth-order valence-corrected chi connectivity index (χ4v) is 5.25. The van der Waals surface area contributed by atoms with Gasteiger partial charge in [-0.1, -0.05) is 35.1 Å². The van der Waals surface area contributed by atoms with Crippen molar-refractivity contribution in [1.29, 1.82) is 0 Å². The predicted molar refractivity (Wildman–Crippen MR) is 139 cm³/mol. The minimum absolute atomic E-state index is 0.137. The molecule has 0 bridgehead atoms. The second-order valence-corrected chi connectivity index (χ2v) is 9.98. The number of nitrogens with zero attached hydrogens (tertiary/aromatic N) is 4. The monoisotopic (exact) mass is 555 g/mol. The molecule has 1 N–H and O–H groups in total. The fourth-order valence-electron chi connectivity index (χ4n) is 4.11. The largest absolute Gasteiger partial charge is 0.494 e. The third-order valence-electron chi connectivity index (χ3n) is 6.00. The van der Waals surface area contributed by atoms with Crippen LogP contribution in [0.2, 0.25) is 5.15 Å². The second-order valence-electron chi connectivity index (χ2n) is 8.51. The van der Waals surface area contributed by atoms with Crippen LogP contribution in [0.3, 0.4) is 0 Å². The normalized spacial score (nSPS) is 12.5. The van der Waals surface area contributed by atoms with Gasteiger partial charge in [-0.25, -0.2) is 18.7 Å². The average molecular weight is 556 g/mol. The first-order chi connectivity index (χ1) is 18.2. The number of carbonyl (C=O) groups excluding carboxylic acids is 2. The Morgan fingerprint density at radius 3 is 2.55 bits per heavy atom. The molecule has 4 heterocycles. The number of halogens is 3. The first-order valence-corrected chi connectivity index (χ1v) is 12.6. The number of rotatable bonds is 6. The molecule has 0 fully saturated rings. The molecule has 0 saturated carbocycles. The lowest BCUT2D eigenvalue weighted by atomic mass is 10.0. The highest BCUT2D eigenvalue weighted by atomic mass is 35.5. The molecule has 0 saturated heterocycles. The smallest absolute Gasteiger partial charge is 0.263 e. The molecule has 5 rings (SSSR count). The Kier molecular flexibility index (Phi) is 7.04. The number of pyridine rings is 2. The molecule has 0 radical (unpaired) electrons. The molecule has 2 amide bonds. The third-order valence-corrected chi connectivity index (χ3v) is 7.20. The maximum Gasteiger partial charge on any atom is 0.263 e. The van der Waals surface area contributed by atoms with Gasteiger partial charge >= 0.3 is 0 Å². The number of carbonyl (C=O) groups is 2. The number of methoxy groups -OCH3 is 1. The molecule has 0 atom stereocenters. The Bertz CT molecular complexity index is 1520. The summed E-state index contributed by atoms with van der Waals surface area (Å²) in [5.41, 5.74) is 3.04. The molecule has 1 aromatic carbocycles. The molecule has 1 aliphatic heterocycles. The lowest BCUT2D eigenvalue weighted by molar-refractivity contribution is 0.0750. The van der Waals surface area contributed by atoms with Crippen LogP contribution in [0, 0.1) is 6.92 Å². The zero-order valence-corrected chi connectivity index (χ0v) is 21.7. The summed E-state index contributed by atoms with van der Waals surface area (Å²) in [6.07, 6.45) is 0.377. The number of hydrogen-bond acceptors (Lipinski definition) is 7. The SMILES string of the molecule is COc1cnc(Cl)cc1-c1cc(C)ncc1C(=O)Nc1nc2c(s1)CN(C(=O)c1ccc(C(F)F)cc1)C2. The van der Waals surface area contributed by atoms with Gasteiger partial charge in [-0.05, 0) is 31.2 Å². The number of hydrogen-bond donors (Lipinski definition) is 1. The molecule has 4 aromatic rings. The number of anilines is 1. The summed E-state index contributed by atoms with van der Waals surface area (Å²) in [4.78, 5) is 41.3. The van der Waals surface area contributed by atoms with E-state index in [-0.39, 0.29) is 23.2 Å². The van der Waals surface area contributed by atoms with Gasteiger partial charge in [0.05, 0.1) is 42.5 Å². The lowest BCUT2D eigenvalue weighted by Crippen LogP contribution is -2.25. The topological polar surface area (TPSA) is 97.3 Å². The Hall–Kier alpha value is -3.96. The number of aryl methyl sites for hydroxylation is 1. The highest BCUT2D eigenvalue weighted by Gasteiger charge is 2.29. The number of amides is 2. The maximum absolute atomic E-state index is 13.3. The van der Waals surface area contributed by atoms with Gasteiger partial charge in [-0.3, -0.25) is 19.9 Å². The van der Waals surface area contributed by atoms with E-state index in [2.05, 4.69) is 20.3 Å². The van der Waals surface area contributed by atoms with Crippen molar-refractivity contribution < 1.29 is 23.1 Å². The van der Waals surface area contributed by atoms with Crippen LogP contribution in [-0.2, 0) is 13.1 Å². The first-order valence-electron chi connectivity index (χ1n) is 11.4. The molecule has 3 aromatic heterocycles. The molecular weight excluding hydrogens is 536 g/mol. The summed E-state index contributed by atoms with van der Waals surface area (Å²) >= 11 is 7.38. The summed E-state index contributed by atoms with van der Waals surface area (Å²) in [6.45, 7) is 2.37. The van der Waals surface area contributed by atoms with E-state index in [4.69, 9.17) is 16.3 Å². The van der Waals surface area contributed by atoms with E-state index in [1.54, 1.807) is 17.0 Å². The van der Waals surface area contributed by atoms with Crippen LogP contribution in [0.15, 0.2) is 48.8 Å². The second kappa shape index (κ2) is 10.4. The van der Waals surface area contributed by atoms with Crippen molar-refractivity contribution >= 4 is 39.9 Å². The number of alkyl halides is 2. The summed E-state index contributed by atoms with van der Waals surface area (Å²) in [6, 6.07) is 8.68. The van der Waals surface area contributed by atoms with Gasteiger partial charge < -0.3 is 9.64 Å². The number of benzene rings is 1. The molecule has 194 valence electrons. The molecular formula is C26H20ClF2N5O3S. The van der Waals surface area contributed by atoms with Crippen molar-refractivity contribution in [3.8, 4) is 16.9 Å². The predicted octanol–water partition coefficient (Wildman–Crippen LogP) is 5.92. The van der Waals surface area contributed by atoms with Crippen LogP contribution in [0.5, 0.6) is 5.75 Å². The number of fused-ring (bicyclic) bond motifs is 1. The van der Waals surface area contributed by atoms with E-state index in [1.165, 1.54) is 55.1 Å². The average Bonchev–Trinajstić information content (AvgIpc) is 3.47. The van der Waals surface area contributed by atoms with Crippen LogP contribution < -0.4 is 10.1 Å². The quantitative estimate of drug-likeness (QED) is 0.297. The van der Waals surface area contributed by atoms with Crippen molar-refractivity contribution in [2.24, 2.45) is 0 Å². The molecule has 1 aliphatic rings.